The SMILES string of the molecule is Cc1ccc2[nH]cc(Br)c2c1N(NS(=O)O)S(=O)(=O)c1ccccc1. The van der Waals surface area contributed by atoms with Crippen LogP contribution in [-0.2, 0) is 21.3 Å². The molecule has 132 valence electrons. The highest BCUT2D eigenvalue weighted by molar-refractivity contribution is 9.10. The molecule has 0 fully saturated rings. The number of fused-ring (bicyclic) bond motifs is 1. The molecule has 25 heavy (non-hydrogen) atoms. The van der Waals surface area contributed by atoms with E-state index in [-0.39, 0.29) is 10.6 Å². The van der Waals surface area contributed by atoms with Gasteiger partial charge in [-0.2, -0.15) is 12.8 Å². The second kappa shape index (κ2) is 6.89. The van der Waals surface area contributed by atoms with Crippen molar-refractivity contribution >= 4 is 53.8 Å². The molecule has 0 amide bonds. The number of nitrogens with one attached hydrogen (secondary N) is 2. The molecule has 0 aliphatic carbocycles. The van der Waals surface area contributed by atoms with Gasteiger partial charge in [0, 0.05) is 21.6 Å². The first-order valence-corrected chi connectivity index (χ1v) is 10.4. The molecule has 1 aromatic heterocycles. The molecule has 0 saturated carbocycles. The molecule has 2 aromatic carbocycles. The standard InChI is InChI=1S/C15H14BrN3O4S2/c1-10-7-8-13-14(12(16)9-17-13)15(10)19(18-24(20)21)25(22,23)11-5-3-2-4-6-11/h2-9,17-18H,1H3,(H,20,21). The van der Waals surface area contributed by atoms with Crippen LogP contribution in [0.2, 0.25) is 0 Å². The normalized spacial score (nSPS) is 13.1. The van der Waals surface area contributed by atoms with Crippen molar-refractivity contribution in [2.75, 3.05) is 4.41 Å². The lowest BCUT2D eigenvalue weighted by molar-refractivity contribution is 0.545. The summed E-state index contributed by atoms with van der Waals surface area (Å²) in [5.74, 6) is 0. The van der Waals surface area contributed by atoms with Crippen molar-refractivity contribution in [3.8, 4) is 0 Å². The van der Waals surface area contributed by atoms with E-state index >= 15 is 0 Å². The monoisotopic (exact) mass is 443 g/mol. The summed E-state index contributed by atoms with van der Waals surface area (Å²) in [7, 11) is -4.12. The summed E-state index contributed by atoms with van der Waals surface area (Å²) in [5.41, 5.74) is 1.56. The summed E-state index contributed by atoms with van der Waals surface area (Å²) in [5, 5.41) is 0.581. The molecule has 0 aliphatic heterocycles. The molecular weight excluding hydrogens is 430 g/mol. The summed E-state index contributed by atoms with van der Waals surface area (Å²) < 4.78 is 48.3. The molecule has 1 heterocycles. The Labute approximate surface area is 155 Å². The van der Waals surface area contributed by atoms with Crippen molar-refractivity contribution in [2.45, 2.75) is 11.8 Å². The zero-order chi connectivity index (χ0) is 18.2. The summed E-state index contributed by atoms with van der Waals surface area (Å²) in [4.78, 5) is 5.14. The third-order valence-corrected chi connectivity index (χ3v) is 6.32. The van der Waals surface area contributed by atoms with Gasteiger partial charge in [-0.25, -0.2) is 4.21 Å². The second-order valence-electron chi connectivity index (χ2n) is 5.21. The Bertz CT molecular complexity index is 1050. The van der Waals surface area contributed by atoms with Crippen LogP contribution in [0.1, 0.15) is 5.56 Å². The molecule has 7 nitrogen and oxygen atoms in total. The van der Waals surface area contributed by atoms with Gasteiger partial charge in [-0.15, -0.1) is 4.83 Å². The summed E-state index contributed by atoms with van der Waals surface area (Å²) >= 11 is 0.800. The van der Waals surface area contributed by atoms with Gasteiger partial charge in [-0.05, 0) is 46.6 Å². The molecule has 0 radical (unpaired) electrons. The Kier molecular flexibility index (Phi) is 4.98. The Hall–Kier alpha value is -1.72. The molecule has 0 aliphatic rings. The molecule has 0 bridgehead atoms. The number of benzene rings is 2. The van der Waals surface area contributed by atoms with E-state index in [2.05, 4.69) is 25.7 Å². The molecular formula is C15H14BrN3O4S2. The highest BCUT2D eigenvalue weighted by Crippen LogP contribution is 2.37. The van der Waals surface area contributed by atoms with Crippen molar-refractivity contribution in [3.63, 3.8) is 0 Å². The quantitative estimate of drug-likeness (QED) is 0.416. The molecule has 3 rings (SSSR count). The van der Waals surface area contributed by atoms with E-state index in [1.807, 2.05) is 6.07 Å². The fraction of sp³-hybridized carbons (Fsp3) is 0.0667. The minimum Gasteiger partial charge on any atom is -0.360 e. The Morgan fingerprint density at radius 1 is 1.20 bits per heavy atom. The van der Waals surface area contributed by atoms with E-state index in [9.17, 15) is 17.2 Å². The van der Waals surface area contributed by atoms with Crippen molar-refractivity contribution in [3.05, 3.63) is 58.7 Å². The first-order chi connectivity index (χ1) is 11.8. The third kappa shape index (κ3) is 3.35. The lowest BCUT2D eigenvalue weighted by Gasteiger charge is -2.25. The third-order valence-electron chi connectivity index (χ3n) is 3.62. The van der Waals surface area contributed by atoms with E-state index in [0.29, 0.717) is 20.9 Å². The topological polar surface area (TPSA) is 102 Å². The van der Waals surface area contributed by atoms with E-state index in [1.165, 1.54) is 12.1 Å². The number of halogens is 1. The first-order valence-electron chi connectivity index (χ1n) is 7.06. The van der Waals surface area contributed by atoms with Crippen LogP contribution in [0.3, 0.4) is 0 Å². The largest absolute Gasteiger partial charge is 0.360 e. The molecule has 3 aromatic rings. The number of aromatic nitrogens is 1. The fourth-order valence-corrected chi connectivity index (χ4v) is 5.04. The maximum atomic E-state index is 13.1. The maximum absolute atomic E-state index is 13.1. The average molecular weight is 444 g/mol. The smallest absolute Gasteiger partial charge is 0.278 e. The van der Waals surface area contributed by atoms with Gasteiger partial charge in [-0.1, -0.05) is 24.3 Å². The van der Waals surface area contributed by atoms with Gasteiger partial charge in [0.25, 0.3) is 21.3 Å². The molecule has 1 atom stereocenters. The highest BCUT2D eigenvalue weighted by atomic mass is 79.9. The van der Waals surface area contributed by atoms with Crippen LogP contribution < -0.4 is 9.25 Å². The number of aromatic amines is 1. The summed E-state index contributed by atoms with van der Waals surface area (Å²) in [6.45, 7) is 1.73. The maximum Gasteiger partial charge on any atom is 0.278 e. The predicted octanol–water partition coefficient (Wildman–Crippen LogP) is 3.08. The Balaban J connectivity index is 2.30. The lowest BCUT2D eigenvalue weighted by atomic mass is 10.1. The zero-order valence-electron chi connectivity index (χ0n) is 12.9. The number of nitrogens with zero attached hydrogens (tertiary/aromatic N) is 1. The number of sulfonamides is 1. The van der Waals surface area contributed by atoms with Crippen LogP contribution in [0.15, 0.2) is 58.0 Å². The van der Waals surface area contributed by atoms with Gasteiger partial charge in [0.05, 0.1) is 10.6 Å². The van der Waals surface area contributed by atoms with Crippen molar-refractivity contribution in [1.29, 1.82) is 0 Å². The van der Waals surface area contributed by atoms with Gasteiger partial charge >= 0.3 is 0 Å². The molecule has 10 heteroatoms. The van der Waals surface area contributed by atoms with Crippen LogP contribution in [0.25, 0.3) is 10.9 Å². The van der Waals surface area contributed by atoms with Crippen molar-refractivity contribution in [2.24, 2.45) is 0 Å². The van der Waals surface area contributed by atoms with Gasteiger partial charge in [0.2, 0.25) is 0 Å². The fourth-order valence-electron chi connectivity index (χ4n) is 2.52. The van der Waals surface area contributed by atoms with Gasteiger partial charge in [-0.3, -0.25) is 4.55 Å². The second-order valence-corrected chi connectivity index (χ2v) is 8.54. The predicted molar refractivity (Wildman–Crippen MR) is 101 cm³/mol. The first kappa shape index (κ1) is 18.1. The number of anilines is 1. The minimum atomic E-state index is -4.12. The average Bonchev–Trinajstić information content (AvgIpc) is 2.95. The molecule has 3 N–H and O–H groups in total. The molecule has 0 saturated heterocycles. The lowest BCUT2D eigenvalue weighted by Crippen LogP contribution is -2.44. The van der Waals surface area contributed by atoms with E-state index in [1.54, 1.807) is 37.4 Å². The van der Waals surface area contributed by atoms with Crippen LogP contribution in [0.5, 0.6) is 0 Å². The number of hydrogen-bond acceptors (Lipinski definition) is 3. The van der Waals surface area contributed by atoms with Crippen LogP contribution in [-0.4, -0.2) is 22.2 Å². The number of aryl methyl sites for hydroxylation is 1. The van der Waals surface area contributed by atoms with E-state index in [4.69, 9.17) is 0 Å². The van der Waals surface area contributed by atoms with Crippen LogP contribution in [0, 0.1) is 6.92 Å². The number of H-pyrrole nitrogens is 1. The van der Waals surface area contributed by atoms with Crippen LogP contribution >= 0.6 is 15.9 Å². The Morgan fingerprint density at radius 2 is 1.88 bits per heavy atom. The summed E-state index contributed by atoms with van der Waals surface area (Å²) in [6.07, 6.45) is 1.68. The van der Waals surface area contributed by atoms with Gasteiger partial charge in [0.1, 0.15) is 0 Å². The van der Waals surface area contributed by atoms with Gasteiger partial charge < -0.3 is 4.98 Å². The van der Waals surface area contributed by atoms with E-state index in [0.717, 1.165) is 4.41 Å². The van der Waals surface area contributed by atoms with Gasteiger partial charge in [0.15, 0.2) is 0 Å². The minimum absolute atomic E-state index is 0.00369. The Morgan fingerprint density at radius 3 is 2.52 bits per heavy atom. The number of hydrogen-bond donors (Lipinski definition) is 3. The van der Waals surface area contributed by atoms with Crippen molar-refractivity contribution < 1.29 is 17.2 Å². The molecule has 1 unspecified atom stereocenters. The number of rotatable bonds is 5. The van der Waals surface area contributed by atoms with Crippen molar-refractivity contribution in [1.82, 2.24) is 9.82 Å². The van der Waals surface area contributed by atoms with Crippen LogP contribution in [0.4, 0.5) is 5.69 Å². The number of hydrazine groups is 1. The molecule has 0 spiro atoms. The highest BCUT2D eigenvalue weighted by Gasteiger charge is 2.30. The van der Waals surface area contributed by atoms with E-state index < -0.39 is 21.3 Å². The summed E-state index contributed by atoms with van der Waals surface area (Å²) in [6, 6.07) is 11.2. The zero-order valence-corrected chi connectivity index (χ0v) is 16.2.